The van der Waals surface area contributed by atoms with E-state index in [4.69, 9.17) is 14.5 Å². The average Bonchev–Trinajstić information content (AvgIpc) is 3.56. The number of amides is 1. The number of nitrogens with zero attached hydrogens (tertiary/aromatic N) is 3. The zero-order chi connectivity index (χ0) is 28.1. The lowest BCUT2D eigenvalue weighted by molar-refractivity contribution is -0.139. The molecule has 4 heterocycles. The Bertz CT molecular complexity index is 1470. The van der Waals surface area contributed by atoms with Crippen molar-refractivity contribution in [3.63, 3.8) is 0 Å². The molecule has 40 heavy (non-hydrogen) atoms. The number of ether oxygens (including phenoxy) is 2. The lowest BCUT2D eigenvalue weighted by atomic mass is 9.88. The van der Waals surface area contributed by atoms with E-state index in [9.17, 15) is 13.2 Å². The lowest BCUT2D eigenvalue weighted by Gasteiger charge is -2.34. The summed E-state index contributed by atoms with van der Waals surface area (Å²) in [6.45, 7) is 4.93. The first-order valence-corrected chi connectivity index (χ1v) is 15.7. The third-order valence-corrected chi connectivity index (χ3v) is 10.2. The van der Waals surface area contributed by atoms with Crippen LogP contribution in [0.3, 0.4) is 0 Å². The second-order valence-corrected chi connectivity index (χ2v) is 13.7. The molecule has 1 N–H and O–H groups in total. The molecule has 1 atom stereocenters. The van der Waals surface area contributed by atoms with Crippen LogP contribution in [0.2, 0.25) is 0 Å². The van der Waals surface area contributed by atoms with Gasteiger partial charge in [0.05, 0.1) is 18.7 Å². The maximum absolute atomic E-state index is 15.1. The molecule has 3 aliphatic heterocycles. The molecule has 0 radical (unpaired) electrons. The van der Waals surface area contributed by atoms with Crippen LogP contribution in [0.15, 0.2) is 34.8 Å². The van der Waals surface area contributed by atoms with Gasteiger partial charge in [-0.05, 0) is 57.2 Å². The number of aromatic nitrogens is 1. The predicted octanol–water partition coefficient (Wildman–Crippen LogP) is 4.18. The van der Waals surface area contributed by atoms with Gasteiger partial charge in [0.2, 0.25) is 10.0 Å². The molecule has 0 unspecified atom stereocenters. The van der Waals surface area contributed by atoms with Crippen molar-refractivity contribution >= 4 is 38.7 Å². The first-order chi connectivity index (χ1) is 19.1. The molecule has 0 bridgehead atoms. The summed E-state index contributed by atoms with van der Waals surface area (Å²) in [6.07, 6.45) is 8.95. The minimum absolute atomic E-state index is 0.106. The summed E-state index contributed by atoms with van der Waals surface area (Å²) < 4.78 is 56.3. The summed E-state index contributed by atoms with van der Waals surface area (Å²) in [5, 5.41) is 4.51. The van der Waals surface area contributed by atoms with Crippen molar-refractivity contribution in [1.82, 2.24) is 14.2 Å². The number of piperidine rings is 1. The summed E-state index contributed by atoms with van der Waals surface area (Å²) >= 11 is 0. The highest BCUT2D eigenvalue weighted by molar-refractivity contribution is 7.92. The van der Waals surface area contributed by atoms with Gasteiger partial charge in [-0.2, -0.15) is 4.31 Å². The fourth-order valence-electron chi connectivity index (χ4n) is 6.50. The number of halogens is 1. The van der Waals surface area contributed by atoms with Crippen molar-refractivity contribution in [3.8, 4) is 0 Å². The van der Waals surface area contributed by atoms with Crippen LogP contribution < -0.4 is 5.32 Å². The molecular formula is C29H37FN4O5S. The van der Waals surface area contributed by atoms with E-state index in [1.807, 2.05) is 19.9 Å². The zero-order valence-corrected chi connectivity index (χ0v) is 23.9. The Kier molecular flexibility index (Phi) is 7.13. The number of fused-ring (bicyclic) bond motifs is 1. The van der Waals surface area contributed by atoms with E-state index < -0.39 is 27.2 Å². The topological polar surface area (TPSA) is 102 Å². The van der Waals surface area contributed by atoms with Crippen molar-refractivity contribution in [3.05, 3.63) is 41.2 Å². The largest absolute Gasteiger partial charge is 0.348 e. The summed E-state index contributed by atoms with van der Waals surface area (Å²) in [5.74, 6) is -0.118. The number of carbonyl (C=O) groups excluding carboxylic acids is 1. The Hall–Kier alpha value is -2.60. The van der Waals surface area contributed by atoms with Gasteiger partial charge in [0.25, 0.3) is 5.91 Å². The average molecular weight is 573 g/mol. The second-order valence-electron chi connectivity index (χ2n) is 11.9. The molecule has 1 aromatic carbocycles. The molecule has 1 saturated carbocycles. The van der Waals surface area contributed by atoms with Crippen molar-refractivity contribution < 1.29 is 27.1 Å². The van der Waals surface area contributed by atoms with E-state index >= 15 is 4.39 Å². The van der Waals surface area contributed by atoms with Crippen LogP contribution in [0.4, 0.5) is 4.39 Å². The van der Waals surface area contributed by atoms with Crippen molar-refractivity contribution in [2.75, 3.05) is 19.7 Å². The molecule has 1 spiro atoms. The SMILES string of the molecule is CC1(C)OC[C@H](Cn2cc(F)c3c(/C=C/S(=O)(=O)N4CCC5(CC4)N=C(C4CCCCC4)NC5=O)cccc32)O1. The molecule has 6 rings (SSSR count). The fraction of sp³-hybridized carbons (Fsp3) is 0.586. The van der Waals surface area contributed by atoms with Crippen molar-refractivity contribution in [2.24, 2.45) is 10.9 Å². The maximum atomic E-state index is 15.1. The van der Waals surface area contributed by atoms with Crippen LogP contribution >= 0.6 is 0 Å². The minimum Gasteiger partial charge on any atom is -0.348 e. The van der Waals surface area contributed by atoms with Gasteiger partial charge in [-0.3, -0.25) is 9.79 Å². The van der Waals surface area contributed by atoms with Crippen LogP contribution in [0.1, 0.15) is 64.4 Å². The van der Waals surface area contributed by atoms with Crippen molar-refractivity contribution in [1.29, 1.82) is 0 Å². The summed E-state index contributed by atoms with van der Waals surface area (Å²) in [4.78, 5) is 17.8. The molecule has 2 saturated heterocycles. The van der Waals surface area contributed by atoms with Gasteiger partial charge in [-0.1, -0.05) is 31.4 Å². The number of sulfonamides is 1. The first kappa shape index (κ1) is 27.6. The second kappa shape index (κ2) is 10.3. The number of carbonyl (C=O) groups is 1. The third kappa shape index (κ3) is 5.24. The molecule has 2 aromatic rings. The van der Waals surface area contributed by atoms with Crippen LogP contribution in [-0.4, -0.2) is 66.2 Å². The highest BCUT2D eigenvalue weighted by atomic mass is 32.2. The van der Waals surface area contributed by atoms with E-state index in [0.717, 1.165) is 36.9 Å². The molecule has 9 nitrogen and oxygen atoms in total. The van der Waals surface area contributed by atoms with E-state index in [2.05, 4.69) is 5.32 Å². The van der Waals surface area contributed by atoms with E-state index in [0.29, 0.717) is 48.4 Å². The maximum Gasteiger partial charge on any atom is 0.253 e. The van der Waals surface area contributed by atoms with Gasteiger partial charge in [0.15, 0.2) is 5.79 Å². The highest BCUT2D eigenvalue weighted by Gasteiger charge is 2.48. The Morgan fingerprint density at radius 1 is 1.18 bits per heavy atom. The summed E-state index contributed by atoms with van der Waals surface area (Å²) in [6, 6.07) is 5.30. The normalized spacial score (nSPS) is 25.7. The number of aliphatic imine (C=N–C) groups is 1. The zero-order valence-electron chi connectivity index (χ0n) is 23.1. The quantitative estimate of drug-likeness (QED) is 0.560. The van der Waals surface area contributed by atoms with Gasteiger partial charge in [0, 0.05) is 36.0 Å². The Morgan fingerprint density at radius 3 is 2.62 bits per heavy atom. The molecule has 1 aromatic heterocycles. The molecule has 11 heteroatoms. The summed E-state index contributed by atoms with van der Waals surface area (Å²) in [5.41, 5.74) is 0.263. The number of benzene rings is 1. The molecule has 1 amide bonds. The van der Waals surface area contributed by atoms with E-state index in [1.54, 1.807) is 16.7 Å². The number of amidine groups is 1. The predicted molar refractivity (Wildman–Crippen MR) is 150 cm³/mol. The van der Waals surface area contributed by atoms with Crippen LogP contribution in [0, 0.1) is 11.7 Å². The molecule has 216 valence electrons. The van der Waals surface area contributed by atoms with Gasteiger partial charge in [-0.15, -0.1) is 0 Å². The fourth-order valence-corrected chi connectivity index (χ4v) is 7.68. The lowest BCUT2D eigenvalue weighted by Crippen LogP contribution is -2.50. The smallest absolute Gasteiger partial charge is 0.253 e. The number of hydrogen-bond acceptors (Lipinski definition) is 6. The number of nitrogens with one attached hydrogen (secondary N) is 1. The Balaban J connectivity index is 1.15. The van der Waals surface area contributed by atoms with Crippen LogP contribution in [-0.2, 0) is 30.8 Å². The molecule has 3 fully saturated rings. The van der Waals surface area contributed by atoms with E-state index in [-0.39, 0.29) is 25.1 Å². The van der Waals surface area contributed by atoms with Crippen LogP contribution in [0.25, 0.3) is 17.0 Å². The van der Waals surface area contributed by atoms with Crippen molar-refractivity contribution in [2.45, 2.75) is 82.8 Å². The first-order valence-electron chi connectivity index (χ1n) is 14.2. The molecular weight excluding hydrogens is 535 g/mol. The number of rotatable bonds is 6. The number of hydrogen-bond donors (Lipinski definition) is 1. The highest BCUT2D eigenvalue weighted by Crippen LogP contribution is 2.35. The van der Waals surface area contributed by atoms with Gasteiger partial charge < -0.3 is 19.4 Å². The third-order valence-electron chi connectivity index (χ3n) is 8.68. The molecule has 4 aliphatic rings. The monoisotopic (exact) mass is 572 g/mol. The Morgan fingerprint density at radius 2 is 1.93 bits per heavy atom. The Labute approximate surface area is 234 Å². The molecule has 1 aliphatic carbocycles. The van der Waals surface area contributed by atoms with E-state index in [1.165, 1.54) is 23.0 Å². The van der Waals surface area contributed by atoms with Crippen LogP contribution in [0.5, 0.6) is 0 Å². The summed E-state index contributed by atoms with van der Waals surface area (Å²) in [7, 11) is -3.78. The standard InChI is InChI=1S/C29H37FN4O5S/c1-28(2)38-19-22(39-28)17-33-18-23(30)25-20(9-6-10-24(25)33)11-16-40(36,37)34-14-12-29(13-15-34)27(35)31-26(32-29)21-7-4-3-5-8-21/h6,9-11,16,18,21-22H,3-5,7-8,12-15,17,19H2,1-2H3,(H,31,32,35)/b16-11+/t22-/m0/s1. The minimum atomic E-state index is -3.78. The van der Waals surface area contributed by atoms with Gasteiger partial charge in [-0.25, -0.2) is 12.8 Å². The van der Waals surface area contributed by atoms with Gasteiger partial charge >= 0.3 is 0 Å². The van der Waals surface area contributed by atoms with Gasteiger partial charge in [0.1, 0.15) is 23.3 Å².